The molecule has 0 aromatic carbocycles. The summed E-state index contributed by atoms with van der Waals surface area (Å²) in [6, 6.07) is 1.88. The van der Waals surface area contributed by atoms with Gasteiger partial charge in [0.25, 0.3) is 0 Å². The molecule has 1 unspecified atom stereocenters. The molecule has 20 heavy (non-hydrogen) atoms. The molecule has 0 saturated carbocycles. The van der Waals surface area contributed by atoms with Crippen LogP contribution in [-0.2, 0) is 4.79 Å². The van der Waals surface area contributed by atoms with Gasteiger partial charge < -0.3 is 15.5 Å². The summed E-state index contributed by atoms with van der Waals surface area (Å²) in [4.78, 5) is 25.1. The maximum absolute atomic E-state index is 11.9. The van der Waals surface area contributed by atoms with Crippen LogP contribution in [-0.4, -0.2) is 42.1 Å². The first-order valence-electron chi connectivity index (χ1n) is 6.60. The molecule has 3 heterocycles. The molecule has 0 aliphatic carbocycles. The summed E-state index contributed by atoms with van der Waals surface area (Å²) in [5.41, 5.74) is 0. The van der Waals surface area contributed by atoms with Crippen LogP contribution in [0.3, 0.4) is 0 Å². The van der Waals surface area contributed by atoms with E-state index in [1.54, 1.807) is 18.4 Å². The second-order valence-corrected chi connectivity index (χ2v) is 6.09. The Kier molecular flexibility index (Phi) is 3.21. The van der Waals surface area contributed by atoms with Crippen molar-refractivity contribution in [1.82, 2.24) is 15.3 Å². The largest absolute Gasteiger partial charge is 0.357 e. The molecular formula is C13H17N5OS. The number of thiophene rings is 1. The Morgan fingerprint density at radius 3 is 3.05 bits per heavy atom. The minimum atomic E-state index is -0.216. The van der Waals surface area contributed by atoms with Crippen LogP contribution in [0.5, 0.6) is 0 Å². The van der Waals surface area contributed by atoms with E-state index in [4.69, 9.17) is 0 Å². The lowest BCUT2D eigenvalue weighted by Gasteiger charge is -2.34. The van der Waals surface area contributed by atoms with Crippen molar-refractivity contribution < 1.29 is 4.79 Å². The van der Waals surface area contributed by atoms with Crippen molar-refractivity contribution in [2.75, 3.05) is 30.4 Å². The van der Waals surface area contributed by atoms with Gasteiger partial charge in [-0.3, -0.25) is 4.79 Å². The molecule has 1 atom stereocenters. The summed E-state index contributed by atoms with van der Waals surface area (Å²) < 4.78 is 0. The molecule has 106 valence electrons. The molecule has 2 aromatic rings. The molecule has 6 nitrogen and oxygen atoms in total. The third-order valence-corrected chi connectivity index (χ3v) is 4.43. The number of aryl methyl sites for hydroxylation is 1. The fourth-order valence-corrected chi connectivity index (χ4v) is 3.30. The van der Waals surface area contributed by atoms with Crippen LogP contribution < -0.4 is 15.5 Å². The summed E-state index contributed by atoms with van der Waals surface area (Å²) in [6.45, 7) is 5.37. The predicted molar refractivity (Wildman–Crippen MR) is 81.5 cm³/mol. The second-order valence-electron chi connectivity index (χ2n) is 4.86. The summed E-state index contributed by atoms with van der Waals surface area (Å²) >= 11 is 1.64. The topological polar surface area (TPSA) is 70.2 Å². The van der Waals surface area contributed by atoms with Gasteiger partial charge in [-0.15, -0.1) is 11.3 Å². The van der Waals surface area contributed by atoms with Gasteiger partial charge in [-0.2, -0.15) is 4.98 Å². The normalized spacial score (nSPS) is 19.2. The van der Waals surface area contributed by atoms with E-state index in [0.29, 0.717) is 12.5 Å². The molecule has 0 bridgehead atoms. The van der Waals surface area contributed by atoms with E-state index in [1.807, 2.05) is 6.92 Å². The number of amides is 1. The molecule has 1 amide bonds. The zero-order valence-electron chi connectivity index (χ0n) is 11.7. The van der Waals surface area contributed by atoms with Crippen molar-refractivity contribution in [3.05, 3.63) is 10.9 Å². The average Bonchev–Trinajstić information content (AvgIpc) is 2.81. The van der Waals surface area contributed by atoms with Crippen LogP contribution in [0.2, 0.25) is 0 Å². The van der Waals surface area contributed by atoms with Gasteiger partial charge in [-0.25, -0.2) is 4.98 Å². The third kappa shape index (κ3) is 2.07. The van der Waals surface area contributed by atoms with Gasteiger partial charge in [0.1, 0.15) is 16.7 Å². The van der Waals surface area contributed by atoms with Crippen molar-refractivity contribution in [1.29, 1.82) is 0 Å². The van der Waals surface area contributed by atoms with Crippen LogP contribution in [0.1, 0.15) is 11.8 Å². The highest BCUT2D eigenvalue weighted by Crippen LogP contribution is 2.32. The molecule has 2 N–H and O–H groups in total. The lowest BCUT2D eigenvalue weighted by Crippen LogP contribution is -2.54. The summed E-state index contributed by atoms with van der Waals surface area (Å²) in [5, 5.41) is 6.89. The van der Waals surface area contributed by atoms with E-state index >= 15 is 0 Å². The minimum absolute atomic E-state index is 0.0426. The van der Waals surface area contributed by atoms with Crippen molar-refractivity contribution in [2.24, 2.45) is 0 Å². The highest BCUT2D eigenvalue weighted by molar-refractivity contribution is 7.18. The molecule has 1 aliphatic heterocycles. The molecule has 0 radical (unpaired) electrons. The summed E-state index contributed by atoms with van der Waals surface area (Å²) in [6.07, 6.45) is 0. The lowest BCUT2D eigenvalue weighted by molar-refractivity contribution is -0.122. The van der Waals surface area contributed by atoms with E-state index < -0.39 is 0 Å². The highest BCUT2D eigenvalue weighted by Gasteiger charge is 2.28. The number of piperazine rings is 1. The molecule has 7 heteroatoms. The van der Waals surface area contributed by atoms with Crippen LogP contribution >= 0.6 is 11.3 Å². The van der Waals surface area contributed by atoms with Gasteiger partial charge in [0, 0.05) is 25.0 Å². The highest BCUT2D eigenvalue weighted by atomic mass is 32.1. The average molecular weight is 291 g/mol. The molecule has 1 saturated heterocycles. The number of fused-ring (bicyclic) bond motifs is 1. The minimum Gasteiger partial charge on any atom is -0.357 e. The van der Waals surface area contributed by atoms with E-state index in [-0.39, 0.29) is 11.9 Å². The smallest absolute Gasteiger partial charge is 0.242 e. The number of rotatable bonds is 2. The monoisotopic (exact) mass is 291 g/mol. The lowest BCUT2D eigenvalue weighted by atomic mass is 10.2. The Bertz CT molecular complexity index is 668. The van der Waals surface area contributed by atoms with Crippen LogP contribution in [0.25, 0.3) is 10.2 Å². The van der Waals surface area contributed by atoms with E-state index in [0.717, 1.165) is 22.6 Å². The van der Waals surface area contributed by atoms with Crippen LogP contribution in [0.4, 0.5) is 11.8 Å². The van der Waals surface area contributed by atoms with Gasteiger partial charge >= 0.3 is 0 Å². The number of carbonyl (C=O) groups excluding carboxylic acids is 1. The molecular weight excluding hydrogens is 274 g/mol. The number of aromatic nitrogens is 2. The van der Waals surface area contributed by atoms with Crippen molar-refractivity contribution in [2.45, 2.75) is 19.9 Å². The van der Waals surface area contributed by atoms with Crippen LogP contribution in [0.15, 0.2) is 6.07 Å². The zero-order valence-corrected chi connectivity index (χ0v) is 12.5. The van der Waals surface area contributed by atoms with Gasteiger partial charge in [0.05, 0.1) is 5.39 Å². The first kappa shape index (κ1) is 13.1. The van der Waals surface area contributed by atoms with Crippen molar-refractivity contribution in [3.8, 4) is 0 Å². The van der Waals surface area contributed by atoms with Crippen molar-refractivity contribution in [3.63, 3.8) is 0 Å². The quantitative estimate of drug-likeness (QED) is 0.874. The first-order chi connectivity index (χ1) is 9.60. The van der Waals surface area contributed by atoms with Gasteiger partial charge in [-0.05, 0) is 19.9 Å². The number of anilines is 2. The van der Waals surface area contributed by atoms with Crippen molar-refractivity contribution >= 4 is 39.2 Å². The molecule has 0 spiro atoms. The molecule has 1 aliphatic rings. The van der Waals surface area contributed by atoms with E-state index in [1.165, 1.54) is 4.88 Å². The first-order valence-corrected chi connectivity index (χ1v) is 7.42. The van der Waals surface area contributed by atoms with Gasteiger partial charge in [-0.1, -0.05) is 0 Å². The predicted octanol–water partition coefficient (Wildman–Crippen LogP) is 1.37. The number of nitrogens with one attached hydrogen (secondary N) is 2. The Balaban J connectivity index is 2.15. The maximum Gasteiger partial charge on any atom is 0.242 e. The number of hydrogen-bond donors (Lipinski definition) is 2. The Morgan fingerprint density at radius 1 is 1.50 bits per heavy atom. The fraction of sp³-hybridized carbons (Fsp3) is 0.462. The standard InChI is InChI=1S/C13H17N5OS/c1-7-6-9-10(16-13(14-3)17-12(9)20-7)18-5-4-15-11(19)8(18)2/h6,8H,4-5H2,1-3H3,(H,15,19)(H,14,16,17). The SMILES string of the molecule is CNc1nc(N2CCNC(=O)C2C)c2cc(C)sc2n1. The van der Waals surface area contributed by atoms with E-state index in [9.17, 15) is 4.79 Å². The zero-order chi connectivity index (χ0) is 14.3. The summed E-state index contributed by atoms with van der Waals surface area (Å²) in [5.74, 6) is 1.47. The molecule has 3 rings (SSSR count). The molecule has 2 aromatic heterocycles. The number of carbonyl (C=O) groups is 1. The molecule has 1 fully saturated rings. The second kappa shape index (κ2) is 4.90. The Morgan fingerprint density at radius 2 is 2.30 bits per heavy atom. The Hall–Kier alpha value is -1.89. The van der Waals surface area contributed by atoms with Gasteiger partial charge in [0.2, 0.25) is 11.9 Å². The fourth-order valence-electron chi connectivity index (χ4n) is 2.43. The van der Waals surface area contributed by atoms with E-state index in [2.05, 4.69) is 38.5 Å². The van der Waals surface area contributed by atoms with Crippen LogP contribution in [0, 0.1) is 6.92 Å². The third-order valence-electron chi connectivity index (χ3n) is 3.49. The maximum atomic E-state index is 11.9. The van der Waals surface area contributed by atoms with Gasteiger partial charge in [0.15, 0.2) is 0 Å². The number of hydrogen-bond acceptors (Lipinski definition) is 6. The number of nitrogens with zero attached hydrogens (tertiary/aromatic N) is 3. The Labute approximate surface area is 121 Å². The summed E-state index contributed by atoms with van der Waals surface area (Å²) in [7, 11) is 1.80.